The average Bonchev–Trinajstić information content (AvgIpc) is 3.42. The lowest BCUT2D eigenvalue weighted by Gasteiger charge is -2.19. The van der Waals surface area contributed by atoms with E-state index in [-0.39, 0.29) is 12.5 Å². The zero-order valence-electron chi connectivity index (χ0n) is 49.7. The molecule has 0 saturated heterocycles. The average molecular weight is 1050 g/mol. The monoisotopic (exact) mass is 1050 g/mol. The van der Waals surface area contributed by atoms with E-state index in [2.05, 4.69) is 153 Å². The van der Waals surface area contributed by atoms with E-state index < -0.39 is 12.1 Å². The summed E-state index contributed by atoms with van der Waals surface area (Å²) in [4.78, 5) is 12.5. The van der Waals surface area contributed by atoms with E-state index in [1.807, 2.05) is 6.08 Å². The van der Waals surface area contributed by atoms with Crippen molar-refractivity contribution < 1.29 is 15.0 Å². The topological polar surface area (TPSA) is 69.6 Å². The van der Waals surface area contributed by atoms with Crippen molar-refractivity contribution in [1.29, 1.82) is 0 Å². The van der Waals surface area contributed by atoms with Crippen molar-refractivity contribution in [3.63, 3.8) is 0 Å². The van der Waals surface area contributed by atoms with Crippen molar-refractivity contribution in [3.05, 3.63) is 146 Å². The van der Waals surface area contributed by atoms with Crippen molar-refractivity contribution in [1.82, 2.24) is 5.32 Å². The van der Waals surface area contributed by atoms with Crippen molar-refractivity contribution in [2.24, 2.45) is 0 Å². The first kappa shape index (κ1) is 72.3. The number of unbranched alkanes of at least 4 members (excludes halogenated alkanes) is 28. The van der Waals surface area contributed by atoms with Crippen LogP contribution in [0, 0.1) is 0 Å². The van der Waals surface area contributed by atoms with Gasteiger partial charge in [-0.25, -0.2) is 0 Å². The largest absolute Gasteiger partial charge is 0.394 e. The molecule has 0 aliphatic carbocycles. The van der Waals surface area contributed by atoms with Crippen LogP contribution in [0.3, 0.4) is 0 Å². The van der Waals surface area contributed by atoms with Crippen LogP contribution in [-0.2, 0) is 4.79 Å². The Labute approximate surface area is 472 Å². The molecule has 0 spiro atoms. The highest BCUT2D eigenvalue weighted by Crippen LogP contribution is 2.16. The number of aliphatic hydroxyl groups excluding tert-OH is 2. The number of carbonyl (C=O) groups excluding carboxylic acids is 1. The molecule has 0 fully saturated rings. The standard InChI is InChI=1S/C72H121NO3/c1-3-5-7-9-11-13-15-17-19-21-23-25-27-28-29-30-31-32-33-34-35-36-37-38-39-40-41-42-43-44-46-48-50-52-54-56-58-60-62-64-66-68-72(76)73-70(69-74)71(75)67-65-63-61-59-57-55-53-51-49-47-45-26-24-22-20-18-16-14-12-10-8-6-4-2/h5,7,11,13,17,19,23,25,28-29,31-32,34-35,37-38,40-41,49,51,57,59,65,67,70-71,74-75H,3-4,6,8-10,12,14-16,18,20-22,24,26-27,30,33,36,39,42-48,50,52-56,58,60-64,66,68-69H2,1-2H3,(H,73,76)/b7-5-,13-11-,19-17-,25-23-,29-28-,32-31-,35-34-,38-37-,41-40-,51-49+,59-57+,67-65+. The van der Waals surface area contributed by atoms with E-state index >= 15 is 0 Å². The zero-order chi connectivity index (χ0) is 54.8. The number of allylic oxidation sites excluding steroid dienone is 23. The van der Waals surface area contributed by atoms with Gasteiger partial charge in [-0.05, 0) is 116 Å². The fraction of sp³-hybridized carbons (Fsp3) is 0.653. The van der Waals surface area contributed by atoms with Crippen molar-refractivity contribution >= 4 is 5.91 Å². The molecule has 0 aromatic rings. The van der Waals surface area contributed by atoms with Crippen LogP contribution >= 0.6 is 0 Å². The number of nitrogens with one attached hydrogen (secondary N) is 1. The van der Waals surface area contributed by atoms with Gasteiger partial charge in [-0.1, -0.05) is 307 Å². The van der Waals surface area contributed by atoms with Gasteiger partial charge in [0.25, 0.3) is 0 Å². The molecule has 2 unspecified atom stereocenters. The molecule has 0 aliphatic rings. The summed E-state index contributed by atoms with van der Waals surface area (Å²) in [5.41, 5.74) is 0. The zero-order valence-corrected chi connectivity index (χ0v) is 49.7. The fourth-order valence-electron chi connectivity index (χ4n) is 8.97. The van der Waals surface area contributed by atoms with E-state index in [0.717, 1.165) is 96.3 Å². The number of carbonyl (C=O) groups is 1. The number of amides is 1. The number of rotatable bonds is 57. The Kier molecular flexibility index (Phi) is 62.3. The van der Waals surface area contributed by atoms with E-state index in [1.165, 1.54) is 167 Å². The Morgan fingerprint density at radius 1 is 0.329 bits per heavy atom. The Morgan fingerprint density at radius 2 is 0.592 bits per heavy atom. The van der Waals surface area contributed by atoms with E-state index in [9.17, 15) is 15.0 Å². The Morgan fingerprint density at radius 3 is 0.921 bits per heavy atom. The predicted molar refractivity (Wildman–Crippen MR) is 340 cm³/mol. The lowest BCUT2D eigenvalue weighted by atomic mass is 10.0. The van der Waals surface area contributed by atoms with Crippen molar-refractivity contribution in [3.8, 4) is 0 Å². The van der Waals surface area contributed by atoms with Crippen LogP contribution in [0.5, 0.6) is 0 Å². The van der Waals surface area contributed by atoms with Gasteiger partial charge in [-0.15, -0.1) is 0 Å². The number of hydrogen-bond donors (Lipinski definition) is 3. The molecule has 0 heterocycles. The molecule has 1 amide bonds. The quantitative estimate of drug-likeness (QED) is 0.0420. The van der Waals surface area contributed by atoms with E-state index in [0.29, 0.717) is 6.42 Å². The highest BCUT2D eigenvalue weighted by Gasteiger charge is 2.18. The van der Waals surface area contributed by atoms with Gasteiger partial charge in [0, 0.05) is 6.42 Å². The summed E-state index contributed by atoms with van der Waals surface area (Å²) in [6.45, 7) is 4.19. The van der Waals surface area contributed by atoms with Gasteiger partial charge in [0.15, 0.2) is 0 Å². The van der Waals surface area contributed by atoms with Gasteiger partial charge in [0.2, 0.25) is 5.91 Å². The Balaban J connectivity index is 3.60. The van der Waals surface area contributed by atoms with Crippen LogP contribution in [-0.4, -0.2) is 34.9 Å². The van der Waals surface area contributed by atoms with Gasteiger partial charge in [0.05, 0.1) is 18.8 Å². The molecule has 0 aliphatic heterocycles. The second-order valence-corrected chi connectivity index (χ2v) is 21.1. The summed E-state index contributed by atoms with van der Waals surface area (Å²) in [6, 6.07) is -0.656. The predicted octanol–water partition coefficient (Wildman–Crippen LogP) is 21.9. The van der Waals surface area contributed by atoms with E-state index in [1.54, 1.807) is 6.08 Å². The molecule has 0 radical (unpaired) electrons. The van der Waals surface area contributed by atoms with Crippen LogP contribution in [0.25, 0.3) is 0 Å². The highest BCUT2D eigenvalue weighted by molar-refractivity contribution is 5.76. The summed E-state index contributed by atoms with van der Waals surface area (Å²) >= 11 is 0. The normalized spacial score (nSPS) is 13.8. The summed E-state index contributed by atoms with van der Waals surface area (Å²) in [7, 11) is 0. The third-order valence-electron chi connectivity index (χ3n) is 13.8. The number of aliphatic hydroxyl groups is 2. The number of hydrogen-bond acceptors (Lipinski definition) is 3. The van der Waals surface area contributed by atoms with Crippen molar-refractivity contribution in [2.45, 2.75) is 296 Å². The fourth-order valence-corrected chi connectivity index (χ4v) is 8.97. The lowest BCUT2D eigenvalue weighted by Crippen LogP contribution is -2.45. The van der Waals surface area contributed by atoms with Gasteiger partial charge >= 0.3 is 0 Å². The maximum absolute atomic E-state index is 12.5. The highest BCUT2D eigenvalue weighted by atomic mass is 16.3. The molecule has 2 atom stereocenters. The molecule has 0 rings (SSSR count). The second kappa shape index (κ2) is 65.6. The summed E-state index contributed by atoms with van der Waals surface area (Å²) in [5, 5.41) is 23.2. The maximum atomic E-state index is 12.5. The summed E-state index contributed by atoms with van der Waals surface area (Å²) in [5.74, 6) is -0.0829. The molecule has 0 aromatic heterocycles. The van der Waals surface area contributed by atoms with Gasteiger partial charge in [-0.3, -0.25) is 4.79 Å². The second-order valence-electron chi connectivity index (χ2n) is 21.1. The Hall–Kier alpha value is -3.73. The summed E-state index contributed by atoms with van der Waals surface area (Å²) in [6.07, 6.45) is 103. The minimum absolute atomic E-state index is 0.0829. The van der Waals surface area contributed by atoms with Gasteiger partial charge in [0.1, 0.15) is 0 Å². The first-order valence-electron chi connectivity index (χ1n) is 32.0. The lowest BCUT2D eigenvalue weighted by molar-refractivity contribution is -0.123. The molecular weight excluding hydrogens is 927 g/mol. The summed E-state index contributed by atoms with van der Waals surface area (Å²) < 4.78 is 0. The molecule has 4 nitrogen and oxygen atoms in total. The van der Waals surface area contributed by atoms with Crippen LogP contribution in [0.4, 0.5) is 0 Å². The first-order chi connectivity index (χ1) is 37.7. The smallest absolute Gasteiger partial charge is 0.220 e. The SMILES string of the molecule is CC/C=C\C/C=C\C/C=C\C/C=C\C/C=C\C/C=C\C/C=C\C/C=C\C/C=C\CCCCCCCCCCCCCCCC(=O)NC(CO)C(O)/C=C/CC/C=C/CC/C=C/CCCCCCCCCCCCCCC. The van der Waals surface area contributed by atoms with E-state index in [4.69, 9.17) is 0 Å². The first-order valence-corrected chi connectivity index (χ1v) is 32.0. The maximum Gasteiger partial charge on any atom is 0.220 e. The molecule has 0 saturated carbocycles. The molecule has 3 N–H and O–H groups in total. The third-order valence-corrected chi connectivity index (χ3v) is 13.8. The molecular formula is C72H121NO3. The van der Waals surface area contributed by atoms with Gasteiger partial charge < -0.3 is 15.5 Å². The van der Waals surface area contributed by atoms with Crippen LogP contribution in [0.2, 0.25) is 0 Å². The third kappa shape index (κ3) is 61.1. The minimum Gasteiger partial charge on any atom is -0.394 e. The Bertz CT molecular complexity index is 1560. The molecule has 432 valence electrons. The van der Waals surface area contributed by atoms with Crippen LogP contribution in [0.15, 0.2) is 146 Å². The molecule has 0 bridgehead atoms. The molecule has 0 aromatic carbocycles. The van der Waals surface area contributed by atoms with Crippen molar-refractivity contribution in [2.75, 3.05) is 6.61 Å². The van der Waals surface area contributed by atoms with Gasteiger partial charge in [-0.2, -0.15) is 0 Å². The minimum atomic E-state index is -0.880. The molecule has 4 heteroatoms. The molecule has 76 heavy (non-hydrogen) atoms. The van der Waals surface area contributed by atoms with Crippen LogP contribution < -0.4 is 5.32 Å². The van der Waals surface area contributed by atoms with Crippen LogP contribution in [0.1, 0.15) is 284 Å².